The molecule has 0 aliphatic heterocycles. The Morgan fingerprint density at radius 1 is 1.31 bits per heavy atom. The number of hydrogen-bond acceptors (Lipinski definition) is 5. The molecule has 0 aliphatic carbocycles. The van der Waals surface area contributed by atoms with Gasteiger partial charge in [0.2, 0.25) is 5.91 Å². The number of aromatic nitrogens is 1. The molecule has 0 aliphatic rings. The highest BCUT2D eigenvalue weighted by atomic mass is 32.1. The Bertz CT molecular complexity index is 749. The molecular weight excluding hydrogens is 359 g/mol. The Labute approximate surface area is 155 Å². The predicted octanol–water partition coefficient (Wildman–Crippen LogP) is 2.65. The molecule has 140 valence electrons. The molecule has 0 radical (unpaired) electrons. The minimum atomic E-state index is -0.486. The van der Waals surface area contributed by atoms with Gasteiger partial charge in [-0.15, -0.1) is 11.3 Å². The van der Waals surface area contributed by atoms with Gasteiger partial charge in [0.1, 0.15) is 11.9 Å². The van der Waals surface area contributed by atoms with E-state index in [9.17, 15) is 14.0 Å². The second-order valence-corrected chi connectivity index (χ2v) is 6.29. The van der Waals surface area contributed by atoms with Crippen LogP contribution in [0.25, 0.3) is 0 Å². The summed E-state index contributed by atoms with van der Waals surface area (Å²) in [6.07, 6.45) is 0.0948. The molecule has 9 heteroatoms. The van der Waals surface area contributed by atoms with Gasteiger partial charge in [-0.1, -0.05) is 19.1 Å². The quantitative estimate of drug-likeness (QED) is 0.656. The van der Waals surface area contributed by atoms with Crippen LogP contribution in [0.1, 0.15) is 24.6 Å². The number of anilines is 1. The average molecular weight is 380 g/mol. The van der Waals surface area contributed by atoms with Crippen molar-refractivity contribution in [2.75, 3.05) is 12.4 Å². The summed E-state index contributed by atoms with van der Waals surface area (Å²) in [6.45, 7) is 2.32. The highest BCUT2D eigenvalue weighted by molar-refractivity contribution is 7.13. The van der Waals surface area contributed by atoms with Crippen molar-refractivity contribution in [1.29, 1.82) is 0 Å². The number of ether oxygens (including phenoxy) is 1. The van der Waals surface area contributed by atoms with Gasteiger partial charge >= 0.3 is 6.03 Å². The molecule has 1 heterocycles. The van der Waals surface area contributed by atoms with Crippen molar-refractivity contribution >= 4 is 28.4 Å². The normalized spacial score (nSPS) is 11.7. The molecule has 0 fully saturated rings. The van der Waals surface area contributed by atoms with Crippen LogP contribution in [-0.2, 0) is 22.6 Å². The van der Waals surface area contributed by atoms with Crippen molar-refractivity contribution < 1.29 is 18.7 Å². The van der Waals surface area contributed by atoms with Crippen molar-refractivity contribution in [3.63, 3.8) is 0 Å². The summed E-state index contributed by atoms with van der Waals surface area (Å²) in [5.41, 5.74) is 1.29. The van der Waals surface area contributed by atoms with Gasteiger partial charge in [0.05, 0.1) is 12.2 Å². The molecule has 26 heavy (non-hydrogen) atoms. The van der Waals surface area contributed by atoms with Crippen molar-refractivity contribution in [3.8, 4) is 0 Å². The molecule has 3 N–H and O–H groups in total. The number of urea groups is 1. The van der Waals surface area contributed by atoms with Crippen LogP contribution in [-0.4, -0.2) is 30.1 Å². The van der Waals surface area contributed by atoms with E-state index in [0.29, 0.717) is 22.8 Å². The minimum Gasteiger partial charge on any atom is -0.372 e. The number of rotatable bonds is 8. The van der Waals surface area contributed by atoms with Gasteiger partial charge in [-0.3, -0.25) is 10.1 Å². The van der Waals surface area contributed by atoms with Gasteiger partial charge in [-0.2, -0.15) is 0 Å². The van der Waals surface area contributed by atoms with Gasteiger partial charge < -0.3 is 15.4 Å². The van der Waals surface area contributed by atoms with Gasteiger partial charge in [-0.05, 0) is 24.1 Å². The molecule has 0 spiro atoms. The number of carbonyl (C=O) groups excluding carboxylic acids is 2. The lowest BCUT2D eigenvalue weighted by atomic mass is 10.2. The van der Waals surface area contributed by atoms with Crippen molar-refractivity contribution in [2.24, 2.45) is 0 Å². The van der Waals surface area contributed by atoms with Crippen LogP contribution in [0.5, 0.6) is 0 Å². The SMILES string of the molecule is CCC(OC)C(=O)NCc1csc(NC(=O)NCc2cccc(F)c2)n1. The molecule has 1 atom stereocenters. The lowest BCUT2D eigenvalue weighted by molar-refractivity contribution is -0.131. The third kappa shape index (κ3) is 6.08. The zero-order valence-corrected chi connectivity index (χ0v) is 15.4. The Morgan fingerprint density at radius 2 is 2.12 bits per heavy atom. The van der Waals surface area contributed by atoms with Gasteiger partial charge in [0, 0.05) is 19.0 Å². The summed E-state index contributed by atoms with van der Waals surface area (Å²) in [5, 5.41) is 10.1. The fraction of sp³-hybridized carbons (Fsp3) is 0.353. The fourth-order valence-corrected chi connectivity index (χ4v) is 2.87. The number of hydrogen-bond donors (Lipinski definition) is 3. The van der Waals surface area contributed by atoms with E-state index in [1.807, 2.05) is 6.92 Å². The van der Waals surface area contributed by atoms with Crippen LogP contribution in [0.15, 0.2) is 29.6 Å². The summed E-state index contributed by atoms with van der Waals surface area (Å²) in [5.74, 6) is -0.555. The molecule has 0 bridgehead atoms. The molecule has 1 unspecified atom stereocenters. The van der Waals surface area contributed by atoms with Crippen LogP contribution in [0, 0.1) is 5.82 Å². The fourth-order valence-electron chi connectivity index (χ4n) is 2.17. The van der Waals surface area contributed by atoms with Crippen LogP contribution in [0.4, 0.5) is 14.3 Å². The molecule has 1 aromatic carbocycles. The van der Waals surface area contributed by atoms with Gasteiger partial charge in [0.25, 0.3) is 0 Å². The molecule has 1 aromatic heterocycles. The maximum absolute atomic E-state index is 13.1. The number of nitrogens with zero attached hydrogens (tertiary/aromatic N) is 1. The van der Waals surface area contributed by atoms with E-state index in [-0.39, 0.29) is 24.8 Å². The molecule has 3 amide bonds. The predicted molar refractivity (Wildman–Crippen MR) is 97.3 cm³/mol. The second-order valence-electron chi connectivity index (χ2n) is 5.43. The van der Waals surface area contributed by atoms with E-state index in [2.05, 4.69) is 20.9 Å². The van der Waals surface area contributed by atoms with Crippen LogP contribution in [0.2, 0.25) is 0 Å². The number of benzene rings is 1. The number of halogens is 1. The maximum Gasteiger partial charge on any atom is 0.321 e. The van der Waals surface area contributed by atoms with E-state index < -0.39 is 12.1 Å². The Hall–Kier alpha value is -2.52. The lowest BCUT2D eigenvalue weighted by Gasteiger charge is -2.12. The number of nitrogens with one attached hydrogen (secondary N) is 3. The average Bonchev–Trinajstić information content (AvgIpc) is 3.06. The zero-order valence-electron chi connectivity index (χ0n) is 14.5. The summed E-state index contributed by atoms with van der Waals surface area (Å²) in [7, 11) is 1.49. The molecular formula is C17H21FN4O3S. The first kappa shape index (κ1) is 19.8. The number of thiazole rings is 1. The Kier molecular flexibility index (Phi) is 7.49. The largest absolute Gasteiger partial charge is 0.372 e. The lowest BCUT2D eigenvalue weighted by Crippen LogP contribution is -2.35. The summed E-state index contributed by atoms with van der Waals surface area (Å²) in [4.78, 5) is 28.0. The first-order valence-electron chi connectivity index (χ1n) is 8.06. The van der Waals surface area contributed by atoms with Crippen molar-refractivity contribution in [3.05, 3.63) is 46.7 Å². The third-order valence-corrected chi connectivity index (χ3v) is 4.31. The molecule has 0 saturated heterocycles. The summed E-state index contributed by atoms with van der Waals surface area (Å²) in [6, 6.07) is 5.56. The number of amides is 3. The van der Waals surface area contributed by atoms with Crippen LogP contribution in [0.3, 0.4) is 0 Å². The smallest absolute Gasteiger partial charge is 0.321 e. The molecule has 2 aromatic rings. The van der Waals surface area contributed by atoms with Crippen molar-refractivity contribution in [2.45, 2.75) is 32.5 Å². The monoisotopic (exact) mass is 380 g/mol. The summed E-state index contributed by atoms with van der Waals surface area (Å²) < 4.78 is 18.2. The Balaban J connectivity index is 1.78. The zero-order chi connectivity index (χ0) is 18.9. The molecule has 2 rings (SSSR count). The van der Waals surface area contributed by atoms with E-state index in [1.54, 1.807) is 17.5 Å². The first-order valence-corrected chi connectivity index (χ1v) is 8.94. The van der Waals surface area contributed by atoms with Gasteiger partial charge in [-0.25, -0.2) is 14.2 Å². The highest BCUT2D eigenvalue weighted by Crippen LogP contribution is 2.15. The first-order chi connectivity index (χ1) is 12.5. The standard InChI is InChI=1S/C17H21FN4O3S/c1-3-14(25-2)15(23)19-9-13-10-26-17(21-13)22-16(24)20-8-11-5-4-6-12(18)7-11/h4-7,10,14H,3,8-9H2,1-2H3,(H,19,23)(H2,20,21,22,24). The molecule has 7 nitrogen and oxygen atoms in total. The number of methoxy groups -OCH3 is 1. The van der Waals surface area contributed by atoms with Crippen LogP contribution >= 0.6 is 11.3 Å². The van der Waals surface area contributed by atoms with E-state index in [1.165, 1.54) is 30.6 Å². The van der Waals surface area contributed by atoms with E-state index in [4.69, 9.17) is 4.74 Å². The Morgan fingerprint density at radius 3 is 2.81 bits per heavy atom. The van der Waals surface area contributed by atoms with Crippen molar-refractivity contribution in [1.82, 2.24) is 15.6 Å². The maximum atomic E-state index is 13.1. The van der Waals surface area contributed by atoms with Crippen LogP contribution < -0.4 is 16.0 Å². The summed E-state index contributed by atoms with van der Waals surface area (Å²) >= 11 is 1.25. The van der Waals surface area contributed by atoms with E-state index in [0.717, 1.165) is 0 Å². The van der Waals surface area contributed by atoms with E-state index >= 15 is 0 Å². The molecule has 0 saturated carbocycles. The minimum absolute atomic E-state index is 0.202. The highest BCUT2D eigenvalue weighted by Gasteiger charge is 2.15. The topological polar surface area (TPSA) is 92.4 Å². The van der Waals surface area contributed by atoms with Gasteiger partial charge in [0.15, 0.2) is 5.13 Å². The number of carbonyl (C=O) groups is 2. The second kappa shape index (κ2) is 9.83. The third-order valence-electron chi connectivity index (χ3n) is 3.51.